The molecule has 1 aliphatic rings. The number of carbonyl (C=O) groups excluding carboxylic acids is 2. The van der Waals surface area contributed by atoms with Crippen molar-refractivity contribution in [1.82, 2.24) is 9.88 Å². The lowest BCUT2D eigenvalue weighted by Gasteiger charge is -2.33. The minimum Gasteiger partial charge on any atom is -0.494 e. The summed E-state index contributed by atoms with van der Waals surface area (Å²) in [4.78, 5) is 30.1. The van der Waals surface area contributed by atoms with Crippen LogP contribution in [0.2, 0.25) is 0 Å². The third-order valence-corrected chi connectivity index (χ3v) is 6.13. The second kappa shape index (κ2) is 8.44. The number of primary amides is 1. The van der Waals surface area contributed by atoms with Gasteiger partial charge in [0.05, 0.1) is 31.4 Å². The fraction of sp³-hybridized carbons (Fsp3) is 0.200. The van der Waals surface area contributed by atoms with Crippen LogP contribution in [0.5, 0.6) is 5.75 Å². The third kappa shape index (κ3) is 3.64. The molecule has 0 saturated carbocycles. The van der Waals surface area contributed by atoms with Gasteiger partial charge in [-0.05, 0) is 47.5 Å². The number of fused-ring (bicyclic) bond motifs is 3. The van der Waals surface area contributed by atoms with Gasteiger partial charge in [-0.1, -0.05) is 12.1 Å². The van der Waals surface area contributed by atoms with Crippen molar-refractivity contribution in [2.45, 2.75) is 6.17 Å². The van der Waals surface area contributed by atoms with Gasteiger partial charge in [0.25, 0.3) is 11.8 Å². The van der Waals surface area contributed by atoms with Crippen LogP contribution in [0.15, 0.2) is 48.5 Å². The number of amides is 2. The molecule has 0 bridgehead atoms. The SMILES string of the molecule is COc1ccc(-c2cc(C(N)=O)c3[nH]c4cc(C(=O)N5CCOCC5N)ccc4c3c2)cc1F. The Hall–Kier alpha value is -3.95. The van der Waals surface area contributed by atoms with E-state index >= 15 is 0 Å². The molecule has 2 heterocycles. The van der Waals surface area contributed by atoms with Crippen LogP contribution in [0.4, 0.5) is 4.39 Å². The molecule has 1 unspecified atom stereocenters. The van der Waals surface area contributed by atoms with E-state index in [4.69, 9.17) is 20.9 Å². The molecular weight excluding hydrogens is 439 g/mol. The van der Waals surface area contributed by atoms with Crippen molar-refractivity contribution in [3.63, 3.8) is 0 Å². The normalized spacial score (nSPS) is 16.2. The number of ether oxygens (including phenoxy) is 2. The number of nitrogens with two attached hydrogens (primary N) is 2. The van der Waals surface area contributed by atoms with Gasteiger partial charge in [0, 0.05) is 28.4 Å². The fourth-order valence-corrected chi connectivity index (χ4v) is 4.39. The lowest BCUT2D eigenvalue weighted by Crippen LogP contribution is -2.53. The number of H-pyrrole nitrogens is 1. The van der Waals surface area contributed by atoms with Gasteiger partial charge in [-0.3, -0.25) is 9.59 Å². The Labute approximate surface area is 194 Å². The van der Waals surface area contributed by atoms with Crippen molar-refractivity contribution in [1.29, 1.82) is 0 Å². The predicted octanol–water partition coefficient (Wildman–Crippen LogP) is 2.99. The van der Waals surface area contributed by atoms with E-state index in [-0.39, 0.29) is 23.8 Å². The predicted molar refractivity (Wildman–Crippen MR) is 126 cm³/mol. The molecule has 0 aliphatic carbocycles. The number of methoxy groups -OCH3 is 1. The van der Waals surface area contributed by atoms with Crippen LogP contribution in [-0.4, -0.2) is 54.7 Å². The molecule has 3 aromatic carbocycles. The minimum atomic E-state index is -0.622. The first kappa shape index (κ1) is 21.9. The number of aromatic nitrogens is 1. The molecule has 0 spiro atoms. The van der Waals surface area contributed by atoms with E-state index < -0.39 is 17.9 Å². The van der Waals surface area contributed by atoms with E-state index in [1.165, 1.54) is 19.2 Å². The standard InChI is InChI=1S/C25H23FN4O4/c1-33-21-5-3-13(10-19(21)26)15-8-17-16-4-2-14(25(32)30-6-7-34-12-22(30)27)11-20(16)29-23(17)18(9-15)24(28)31/h2-5,8-11,22,29H,6-7,12,27H2,1H3,(H2,28,31). The molecule has 8 nitrogen and oxygen atoms in total. The number of carbonyl (C=O) groups is 2. The Morgan fingerprint density at radius 3 is 2.65 bits per heavy atom. The van der Waals surface area contributed by atoms with Crippen molar-refractivity contribution >= 4 is 33.6 Å². The van der Waals surface area contributed by atoms with Crippen LogP contribution in [0, 0.1) is 5.82 Å². The Morgan fingerprint density at radius 2 is 1.94 bits per heavy atom. The largest absolute Gasteiger partial charge is 0.494 e. The molecule has 0 radical (unpaired) electrons. The Morgan fingerprint density at radius 1 is 1.12 bits per heavy atom. The number of benzene rings is 3. The van der Waals surface area contributed by atoms with E-state index in [2.05, 4.69) is 4.98 Å². The number of hydrogen-bond acceptors (Lipinski definition) is 5. The molecule has 5 N–H and O–H groups in total. The second-order valence-electron chi connectivity index (χ2n) is 8.19. The maximum Gasteiger partial charge on any atom is 0.255 e. The average molecular weight is 462 g/mol. The number of rotatable bonds is 4. The van der Waals surface area contributed by atoms with Gasteiger partial charge in [0.2, 0.25) is 0 Å². The number of morpholine rings is 1. The number of nitrogens with zero attached hydrogens (tertiary/aromatic N) is 1. The zero-order chi connectivity index (χ0) is 24.0. The Balaban J connectivity index is 1.63. The highest BCUT2D eigenvalue weighted by Gasteiger charge is 2.26. The molecule has 1 aromatic heterocycles. The number of halogens is 1. The molecule has 4 aromatic rings. The first-order valence-corrected chi connectivity index (χ1v) is 10.7. The highest BCUT2D eigenvalue weighted by Crippen LogP contribution is 2.34. The summed E-state index contributed by atoms with van der Waals surface area (Å²) in [6.45, 7) is 1.14. The van der Waals surface area contributed by atoms with Crippen molar-refractivity contribution in [2.24, 2.45) is 11.5 Å². The van der Waals surface area contributed by atoms with Crippen molar-refractivity contribution < 1.29 is 23.5 Å². The Bertz CT molecular complexity index is 1450. The lowest BCUT2D eigenvalue weighted by molar-refractivity contribution is 0.0000913. The van der Waals surface area contributed by atoms with E-state index in [0.29, 0.717) is 40.9 Å². The van der Waals surface area contributed by atoms with Crippen LogP contribution in [-0.2, 0) is 4.74 Å². The van der Waals surface area contributed by atoms with Crippen molar-refractivity contribution in [3.8, 4) is 16.9 Å². The molecular formula is C25H23FN4O4. The average Bonchev–Trinajstić information content (AvgIpc) is 3.21. The summed E-state index contributed by atoms with van der Waals surface area (Å²) in [5.74, 6) is -1.20. The van der Waals surface area contributed by atoms with Crippen LogP contribution in [0.25, 0.3) is 32.9 Å². The maximum atomic E-state index is 14.3. The minimum absolute atomic E-state index is 0.129. The molecule has 1 aliphatic heterocycles. The zero-order valence-electron chi connectivity index (χ0n) is 18.4. The summed E-state index contributed by atoms with van der Waals surface area (Å²) in [6, 6.07) is 13.4. The van der Waals surface area contributed by atoms with Gasteiger partial charge >= 0.3 is 0 Å². The van der Waals surface area contributed by atoms with E-state index in [1.807, 2.05) is 12.1 Å². The number of hydrogen-bond donors (Lipinski definition) is 3. The first-order chi connectivity index (χ1) is 16.4. The summed E-state index contributed by atoms with van der Waals surface area (Å²) in [6.07, 6.45) is -0.506. The summed E-state index contributed by atoms with van der Waals surface area (Å²) < 4.78 is 24.6. The van der Waals surface area contributed by atoms with Gasteiger partial charge in [0.1, 0.15) is 6.17 Å². The summed E-state index contributed by atoms with van der Waals surface area (Å²) in [5, 5.41) is 1.54. The Kier molecular flexibility index (Phi) is 5.43. The number of nitrogens with one attached hydrogen (secondary N) is 1. The third-order valence-electron chi connectivity index (χ3n) is 6.13. The van der Waals surface area contributed by atoms with Gasteiger partial charge in [-0.15, -0.1) is 0 Å². The van der Waals surface area contributed by atoms with E-state index in [0.717, 1.165) is 10.8 Å². The van der Waals surface area contributed by atoms with Crippen molar-refractivity contribution in [3.05, 3.63) is 65.5 Å². The molecule has 34 heavy (non-hydrogen) atoms. The number of aromatic amines is 1. The summed E-state index contributed by atoms with van der Waals surface area (Å²) in [7, 11) is 1.40. The summed E-state index contributed by atoms with van der Waals surface area (Å²) in [5.41, 5.74) is 14.9. The highest BCUT2D eigenvalue weighted by atomic mass is 19.1. The molecule has 1 atom stereocenters. The van der Waals surface area contributed by atoms with E-state index in [9.17, 15) is 14.0 Å². The van der Waals surface area contributed by atoms with Gasteiger partial charge in [-0.25, -0.2) is 4.39 Å². The van der Waals surface area contributed by atoms with Crippen LogP contribution in [0.1, 0.15) is 20.7 Å². The van der Waals surface area contributed by atoms with E-state index in [1.54, 1.807) is 29.2 Å². The van der Waals surface area contributed by atoms with Crippen LogP contribution in [0.3, 0.4) is 0 Å². The van der Waals surface area contributed by atoms with Crippen LogP contribution >= 0.6 is 0 Å². The maximum absolute atomic E-state index is 14.3. The highest BCUT2D eigenvalue weighted by molar-refractivity contribution is 6.17. The molecule has 2 amide bonds. The molecule has 9 heteroatoms. The molecule has 174 valence electrons. The van der Waals surface area contributed by atoms with Crippen LogP contribution < -0.4 is 16.2 Å². The van der Waals surface area contributed by atoms with Gasteiger partial charge in [-0.2, -0.15) is 0 Å². The topological polar surface area (TPSA) is 124 Å². The van der Waals surface area contributed by atoms with Crippen molar-refractivity contribution in [2.75, 3.05) is 26.9 Å². The summed E-state index contributed by atoms with van der Waals surface area (Å²) >= 11 is 0. The molecule has 1 saturated heterocycles. The van der Waals surface area contributed by atoms with Gasteiger partial charge in [0.15, 0.2) is 11.6 Å². The second-order valence-corrected chi connectivity index (χ2v) is 8.19. The first-order valence-electron chi connectivity index (χ1n) is 10.7. The van der Waals surface area contributed by atoms with Gasteiger partial charge < -0.3 is 30.8 Å². The fourth-order valence-electron chi connectivity index (χ4n) is 4.39. The molecule has 5 rings (SSSR count). The monoisotopic (exact) mass is 462 g/mol. The smallest absolute Gasteiger partial charge is 0.255 e. The quantitative estimate of drug-likeness (QED) is 0.430. The lowest BCUT2D eigenvalue weighted by atomic mass is 9.98. The molecule has 1 fully saturated rings. The zero-order valence-corrected chi connectivity index (χ0v) is 18.4.